The van der Waals surface area contributed by atoms with Crippen molar-refractivity contribution in [2.75, 3.05) is 0 Å². The van der Waals surface area contributed by atoms with E-state index >= 15 is 0 Å². The molecule has 13 aromatic rings. The molecule has 0 heterocycles. The number of benzene rings is 7. The molecular weight excluding hydrogens is 1370 g/mol. The first-order valence-electron chi connectivity index (χ1n) is 38.9. The van der Waals surface area contributed by atoms with Crippen LogP contribution in [0.2, 0.25) is 0 Å². The van der Waals surface area contributed by atoms with E-state index in [-0.39, 0.29) is 32.5 Å². The highest BCUT2D eigenvalue weighted by molar-refractivity contribution is 6.22. The Bertz CT molecular complexity index is 5300. The summed E-state index contributed by atoms with van der Waals surface area (Å²) in [5, 5.41) is 18.2. The molecule has 0 radical (unpaired) electrons. The average Bonchev–Trinajstić information content (AvgIpc) is 0.758. The molecule has 0 aliphatic heterocycles. The number of rotatable bonds is 0. The van der Waals surface area contributed by atoms with Crippen LogP contribution in [0.4, 0.5) is 0 Å². The molecule has 12 bridgehead atoms. The molecule has 0 unspecified atom stereocenters. The van der Waals surface area contributed by atoms with Gasteiger partial charge in [-0.2, -0.15) is 0 Å². The van der Waals surface area contributed by atoms with Crippen molar-refractivity contribution in [3.63, 3.8) is 0 Å². The summed E-state index contributed by atoms with van der Waals surface area (Å²) in [4.78, 5) is 0. The second-order valence-electron chi connectivity index (χ2n) is 35.2. The monoisotopic (exact) mass is 1460 g/mol. The predicted molar refractivity (Wildman–Crippen MR) is 479 cm³/mol. The maximum absolute atomic E-state index is 3.62. The second-order valence-corrected chi connectivity index (χ2v) is 35.2. The molecule has 546 valence electrons. The summed E-state index contributed by atoms with van der Waals surface area (Å²) in [6.45, 7) is 40.4. The van der Waals surface area contributed by atoms with Gasteiger partial charge in [0, 0.05) is 32.3 Å². The predicted octanol–water partition coefficient (Wildman–Crippen LogP) is 28.6. The molecular formula is C114H90. The highest BCUT2D eigenvalue weighted by Gasteiger charge is 2.21. The van der Waals surface area contributed by atoms with Gasteiger partial charge < -0.3 is 0 Å². The van der Waals surface area contributed by atoms with Crippen molar-refractivity contribution in [2.45, 2.75) is 157 Å². The summed E-state index contributed by atoms with van der Waals surface area (Å²) >= 11 is 0. The SMILES string of the molecule is CC(C)(C)c1cc2ccccc3cc(C(C)(C)C)cc4ccccc5cc(C(C)(C)C)cc6ccccc7cc(C(C)(C)C)cc8ccccc9cc(C(C)(C)C)cc%10ccccc%11cc(C(C)(C)C)cc%12ccccc(c1)c2c#cc#cc1c(c#cc#cc34)c(c#cc#cc56)c(c#cc#cc78)c(c#cc#cc%109)c1c#cc#cc%12%11. The third-order valence-corrected chi connectivity index (χ3v) is 20.5. The fraction of sp³-hybridized carbons (Fsp3) is 0.211. The maximum Gasteiger partial charge on any atom is 0.0595 e. The lowest BCUT2D eigenvalue weighted by atomic mass is 9.85. The molecule has 0 heteroatoms. The first kappa shape index (κ1) is 78.3. The standard InChI is InChI=1S/C114H90/c1-109(2,3)91-67-79-43-19-21-45-81-69-92(110(4,5)6)71-83-47-23-25-49-85-73-94(112(10,11)12)75-87-51-27-29-53-89-77-96(114(16,17)18)78-90-54-30-28-52-88-76-95(113(13,14)15)74-86-50-26-24-48-84-72-93(111(7,8)9)70-82-46-22-20-44-80(68-91)97(79)55-31-37-61-103-104(62-38-32-56-98(81)83)106(64-40-34-58-100(85)87)108(66-42-36-60-102(89)90)107(65-41-35-59-101(86)88)105(103)63-39-33-57-99(82)84/h19-30,43-54,67-78H,1-18H3. The van der Waals surface area contributed by atoms with E-state index in [9.17, 15) is 0 Å². The molecule has 0 atom stereocenters. The van der Waals surface area contributed by atoms with Gasteiger partial charge in [-0.15, -0.1) is 0 Å². The molecule has 0 spiro atoms. The van der Waals surface area contributed by atoms with Crippen LogP contribution in [0.5, 0.6) is 0 Å². The third kappa shape index (κ3) is 18.1. The number of hydrogen-bond donors (Lipinski definition) is 0. The van der Waals surface area contributed by atoms with Crippen molar-refractivity contribution >= 4 is 129 Å². The zero-order valence-electron chi connectivity index (χ0n) is 68.8. The summed E-state index contributed by atoms with van der Waals surface area (Å²) in [6.07, 6.45) is 0. The van der Waals surface area contributed by atoms with Crippen LogP contribution in [0.1, 0.15) is 158 Å². The Morgan fingerprint density at radius 1 is 0.132 bits per heavy atom. The van der Waals surface area contributed by atoms with Crippen molar-refractivity contribution in [3.05, 3.63) is 397 Å². The van der Waals surface area contributed by atoms with E-state index in [1.807, 2.05) is 0 Å². The van der Waals surface area contributed by atoms with E-state index in [0.29, 0.717) is 32.3 Å². The van der Waals surface area contributed by atoms with E-state index in [2.05, 4.69) is 489 Å². The van der Waals surface area contributed by atoms with Crippen molar-refractivity contribution < 1.29 is 0 Å². The summed E-state index contributed by atoms with van der Waals surface area (Å²) in [5.41, 5.74) is 5.41. The molecule has 13 aromatic carbocycles. The van der Waals surface area contributed by atoms with E-state index < -0.39 is 0 Å². The molecule has 0 saturated carbocycles. The summed E-state index contributed by atoms with van der Waals surface area (Å²) in [6, 6.07) is 162. The summed E-state index contributed by atoms with van der Waals surface area (Å²) in [7, 11) is 0. The topological polar surface area (TPSA) is 0 Å². The lowest BCUT2D eigenvalue weighted by molar-refractivity contribution is 0.591. The van der Waals surface area contributed by atoms with Crippen molar-refractivity contribution in [2.24, 2.45) is 0 Å². The van der Waals surface area contributed by atoms with Crippen LogP contribution in [-0.4, -0.2) is 0 Å². The van der Waals surface area contributed by atoms with Gasteiger partial charge in [-0.3, -0.25) is 0 Å². The largest absolute Gasteiger partial charge is 0.0616 e. The quantitative estimate of drug-likeness (QED) is 0.142. The zero-order chi connectivity index (χ0) is 80.7. The molecule has 0 aromatic heterocycles. The van der Waals surface area contributed by atoms with E-state index in [0.717, 1.165) is 130 Å². The maximum atomic E-state index is 3.62. The van der Waals surface area contributed by atoms with Crippen molar-refractivity contribution in [3.8, 4) is 0 Å². The zero-order valence-corrected chi connectivity index (χ0v) is 68.8. The van der Waals surface area contributed by atoms with Crippen LogP contribution in [0.25, 0.3) is 129 Å². The highest BCUT2D eigenvalue weighted by Crippen LogP contribution is 2.36. The highest BCUT2D eigenvalue weighted by atomic mass is 14.2. The summed E-state index contributed by atoms with van der Waals surface area (Å²) < 4.78 is 0. The molecule has 0 saturated heterocycles. The van der Waals surface area contributed by atoms with Gasteiger partial charge in [0.05, 0.1) is 32.3 Å². The van der Waals surface area contributed by atoms with Crippen LogP contribution >= 0.6 is 0 Å². The Labute approximate surface area is 679 Å². The van der Waals surface area contributed by atoms with Gasteiger partial charge in [0.15, 0.2) is 0 Å². The normalized spacial score (nSPS) is 11.1. The Morgan fingerprint density at radius 2 is 0.219 bits per heavy atom. The van der Waals surface area contributed by atoms with Crippen LogP contribution < -0.4 is 0 Å². The van der Waals surface area contributed by atoms with E-state index in [4.69, 9.17) is 0 Å². The number of fused-ring (bicyclic) bond motifs is 6. The van der Waals surface area contributed by atoms with E-state index in [1.165, 1.54) is 0 Å². The molecule has 13 rings (SSSR count). The first-order valence-corrected chi connectivity index (χ1v) is 38.9. The van der Waals surface area contributed by atoms with Crippen LogP contribution in [-0.2, 0) is 32.5 Å². The van der Waals surface area contributed by atoms with Crippen LogP contribution in [0.15, 0.2) is 218 Å². The Hall–Kier alpha value is -13.9. The average molecular weight is 1460 g/mol. The lowest BCUT2D eigenvalue weighted by Crippen LogP contribution is -2.10. The summed E-state index contributed by atoms with van der Waals surface area (Å²) in [5.74, 6) is 0. The van der Waals surface area contributed by atoms with Gasteiger partial charge in [0.2, 0.25) is 0 Å². The van der Waals surface area contributed by atoms with Gasteiger partial charge in [0.1, 0.15) is 0 Å². The number of hydrogen-bond acceptors (Lipinski definition) is 0. The Kier molecular flexibility index (Phi) is 22.1. The molecule has 0 aliphatic carbocycles. The molecule has 0 nitrogen and oxygen atoms in total. The van der Waals surface area contributed by atoms with Gasteiger partial charge in [-0.1, -0.05) is 343 Å². The van der Waals surface area contributed by atoms with Crippen LogP contribution in [0, 0.1) is 146 Å². The fourth-order valence-corrected chi connectivity index (χ4v) is 13.7. The van der Waals surface area contributed by atoms with Crippen molar-refractivity contribution in [1.82, 2.24) is 0 Å². The second kappa shape index (κ2) is 32.2. The van der Waals surface area contributed by atoms with Crippen LogP contribution in [0.3, 0.4) is 0 Å². The fourth-order valence-electron chi connectivity index (χ4n) is 13.7. The lowest BCUT2D eigenvalue weighted by Gasteiger charge is -2.19. The minimum Gasteiger partial charge on any atom is -0.0616 e. The minimum atomic E-state index is -0.240. The third-order valence-electron chi connectivity index (χ3n) is 20.5. The van der Waals surface area contributed by atoms with Gasteiger partial charge in [-0.25, -0.2) is 0 Å². The minimum absolute atomic E-state index is 0.240. The molecule has 114 heavy (non-hydrogen) atoms. The Morgan fingerprint density at radius 3 is 0.307 bits per heavy atom. The smallest absolute Gasteiger partial charge is 0.0595 e. The van der Waals surface area contributed by atoms with Gasteiger partial charge >= 0.3 is 0 Å². The molecule has 0 aliphatic rings. The molecule has 0 N–H and O–H groups in total. The molecule has 0 fully saturated rings. The van der Waals surface area contributed by atoms with Crippen molar-refractivity contribution in [1.29, 1.82) is 0 Å². The Balaban J connectivity index is 1.42. The van der Waals surface area contributed by atoms with E-state index in [1.54, 1.807) is 0 Å². The first-order chi connectivity index (χ1) is 54.3. The van der Waals surface area contributed by atoms with Gasteiger partial charge in [-0.05, 0) is 276 Å². The molecule has 0 amide bonds. The van der Waals surface area contributed by atoms with Gasteiger partial charge in [0.25, 0.3) is 0 Å².